The summed E-state index contributed by atoms with van der Waals surface area (Å²) in [5.41, 5.74) is 3.05. The van der Waals surface area contributed by atoms with E-state index in [1.54, 1.807) is 31.4 Å². The molecule has 2 amide bonds. The molecule has 0 saturated heterocycles. The first-order valence-electron chi connectivity index (χ1n) is 9.88. The summed E-state index contributed by atoms with van der Waals surface area (Å²) in [6.07, 6.45) is 0.548. The first-order valence-corrected chi connectivity index (χ1v) is 10.3. The van der Waals surface area contributed by atoms with E-state index in [1.807, 2.05) is 54.6 Å². The molecule has 0 saturated carbocycles. The van der Waals surface area contributed by atoms with Crippen molar-refractivity contribution in [1.29, 1.82) is 0 Å². The Morgan fingerprint density at radius 3 is 2.19 bits per heavy atom. The lowest BCUT2D eigenvalue weighted by atomic mass is 10.0. The Morgan fingerprint density at radius 1 is 0.871 bits per heavy atom. The third-order valence-corrected chi connectivity index (χ3v) is 5.38. The number of amides is 2. The average molecular weight is 433 g/mol. The van der Waals surface area contributed by atoms with Crippen molar-refractivity contribution in [2.75, 3.05) is 19.0 Å². The van der Waals surface area contributed by atoms with E-state index in [2.05, 4.69) is 5.32 Å². The lowest BCUT2D eigenvalue weighted by Crippen LogP contribution is -2.34. The molecule has 1 aliphatic rings. The summed E-state index contributed by atoms with van der Waals surface area (Å²) in [6.45, 7) is 0.281. The van der Waals surface area contributed by atoms with E-state index >= 15 is 0 Å². The van der Waals surface area contributed by atoms with E-state index in [9.17, 15) is 9.59 Å². The molecule has 0 aliphatic carbocycles. The predicted octanol–water partition coefficient (Wildman–Crippen LogP) is 4.78. The van der Waals surface area contributed by atoms with Gasteiger partial charge in [0.1, 0.15) is 11.4 Å². The molecule has 0 atom stereocenters. The van der Waals surface area contributed by atoms with Crippen molar-refractivity contribution >= 4 is 34.7 Å². The standard InChI is InChI=1S/C25H21ClN2O3/c1-31-21-13-11-20(12-14-21)27-23-22(18-5-3-2-4-6-18)24(29)28(25(23)30)16-15-17-7-9-19(26)10-8-17/h2-14,27H,15-16H2,1H3. The summed E-state index contributed by atoms with van der Waals surface area (Å²) < 4.78 is 5.19. The summed E-state index contributed by atoms with van der Waals surface area (Å²) in [7, 11) is 1.59. The fourth-order valence-electron chi connectivity index (χ4n) is 3.48. The Bertz CT molecular complexity index is 1120. The number of carbonyl (C=O) groups excluding carboxylic acids is 2. The number of benzene rings is 3. The van der Waals surface area contributed by atoms with Crippen LogP contribution in [0, 0.1) is 0 Å². The smallest absolute Gasteiger partial charge is 0.278 e. The topological polar surface area (TPSA) is 58.6 Å². The van der Waals surface area contributed by atoms with Gasteiger partial charge in [-0.05, 0) is 53.9 Å². The number of nitrogens with one attached hydrogen (secondary N) is 1. The molecule has 5 nitrogen and oxygen atoms in total. The number of anilines is 1. The van der Waals surface area contributed by atoms with Gasteiger partial charge in [-0.25, -0.2) is 0 Å². The minimum absolute atomic E-state index is 0.275. The van der Waals surface area contributed by atoms with Gasteiger partial charge >= 0.3 is 0 Å². The molecule has 0 unspecified atom stereocenters. The second-order valence-corrected chi connectivity index (χ2v) is 7.54. The third kappa shape index (κ3) is 4.47. The zero-order valence-electron chi connectivity index (χ0n) is 17.0. The van der Waals surface area contributed by atoms with Crippen LogP contribution in [0.2, 0.25) is 5.02 Å². The van der Waals surface area contributed by atoms with E-state index < -0.39 is 0 Å². The zero-order valence-corrected chi connectivity index (χ0v) is 17.7. The van der Waals surface area contributed by atoms with E-state index in [4.69, 9.17) is 16.3 Å². The van der Waals surface area contributed by atoms with Crippen molar-refractivity contribution in [1.82, 2.24) is 4.90 Å². The molecular formula is C25H21ClN2O3. The zero-order chi connectivity index (χ0) is 21.8. The predicted molar refractivity (Wildman–Crippen MR) is 122 cm³/mol. The number of nitrogens with zero attached hydrogens (tertiary/aromatic N) is 1. The molecule has 1 N–H and O–H groups in total. The van der Waals surface area contributed by atoms with Crippen LogP contribution in [0.3, 0.4) is 0 Å². The number of hydrogen-bond donors (Lipinski definition) is 1. The molecule has 156 valence electrons. The molecule has 0 fully saturated rings. The van der Waals surface area contributed by atoms with Gasteiger partial charge in [0.05, 0.1) is 12.7 Å². The van der Waals surface area contributed by atoms with Gasteiger partial charge in [0, 0.05) is 17.3 Å². The maximum atomic E-state index is 13.3. The third-order valence-electron chi connectivity index (χ3n) is 5.13. The number of carbonyl (C=O) groups is 2. The van der Waals surface area contributed by atoms with Crippen molar-refractivity contribution in [3.63, 3.8) is 0 Å². The van der Waals surface area contributed by atoms with Crippen molar-refractivity contribution in [2.24, 2.45) is 0 Å². The molecule has 1 heterocycles. The van der Waals surface area contributed by atoms with Crippen LogP contribution >= 0.6 is 11.6 Å². The highest BCUT2D eigenvalue weighted by atomic mass is 35.5. The fraction of sp³-hybridized carbons (Fsp3) is 0.120. The second-order valence-electron chi connectivity index (χ2n) is 7.11. The molecule has 0 aromatic heterocycles. The molecule has 1 aliphatic heterocycles. The fourth-order valence-corrected chi connectivity index (χ4v) is 3.60. The lowest BCUT2D eigenvalue weighted by Gasteiger charge is -2.15. The first kappa shape index (κ1) is 20.7. The summed E-state index contributed by atoms with van der Waals surface area (Å²) in [6, 6.07) is 23.8. The monoisotopic (exact) mass is 432 g/mol. The van der Waals surface area contributed by atoms with Gasteiger partial charge in [0.2, 0.25) is 0 Å². The summed E-state index contributed by atoms with van der Waals surface area (Å²) in [5, 5.41) is 3.80. The van der Waals surface area contributed by atoms with Gasteiger partial charge in [-0.3, -0.25) is 14.5 Å². The van der Waals surface area contributed by atoms with Gasteiger partial charge in [-0.2, -0.15) is 0 Å². The molecular weight excluding hydrogens is 412 g/mol. The van der Waals surface area contributed by atoms with Gasteiger partial charge in [0.25, 0.3) is 11.8 Å². The van der Waals surface area contributed by atoms with E-state index in [0.717, 1.165) is 5.56 Å². The summed E-state index contributed by atoms with van der Waals surface area (Å²) in [4.78, 5) is 27.8. The quantitative estimate of drug-likeness (QED) is 0.546. The van der Waals surface area contributed by atoms with E-state index in [-0.39, 0.29) is 24.1 Å². The van der Waals surface area contributed by atoms with E-state index in [1.165, 1.54) is 4.90 Å². The Hall–Kier alpha value is -3.57. The maximum Gasteiger partial charge on any atom is 0.278 e. The van der Waals surface area contributed by atoms with Crippen molar-refractivity contribution in [3.8, 4) is 5.75 Å². The molecule has 0 radical (unpaired) electrons. The van der Waals surface area contributed by atoms with Gasteiger partial charge in [-0.1, -0.05) is 54.1 Å². The number of rotatable bonds is 7. The molecule has 6 heteroatoms. The summed E-state index contributed by atoms with van der Waals surface area (Å²) in [5.74, 6) is 0.0658. The molecule has 31 heavy (non-hydrogen) atoms. The minimum Gasteiger partial charge on any atom is -0.497 e. The van der Waals surface area contributed by atoms with E-state index in [0.29, 0.717) is 34.0 Å². The second kappa shape index (κ2) is 9.06. The summed E-state index contributed by atoms with van der Waals surface area (Å²) >= 11 is 5.95. The normalized spacial score (nSPS) is 13.7. The number of imide groups is 1. The van der Waals surface area contributed by atoms with Crippen LogP contribution in [-0.4, -0.2) is 30.4 Å². The van der Waals surface area contributed by atoms with Crippen LogP contribution < -0.4 is 10.1 Å². The number of hydrogen-bond acceptors (Lipinski definition) is 4. The first-order chi connectivity index (χ1) is 15.1. The van der Waals surface area contributed by atoms with Gasteiger partial charge in [-0.15, -0.1) is 0 Å². The van der Waals surface area contributed by atoms with Crippen molar-refractivity contribution < 1.29 is 14.3 Å². The van der Waals surface area contributed by atoms with Crippen LogP contribution in [0.15, 0.2) is 84.6 Å². The minimum atomic E-state index is -0.339. The molecule has 0 spiro atoms. The highest BCUT2D eigenvalue weighted by molar-refractivity contribution is 6.36. The maximum absolute atomic E-state index is 13.3. The Kier molecular flexibility index (Phi) is 6.05. The SMILES string of the molecule is COc1ccc(NC2=C(c3ccccc3)C(=O)N(CCc3ccc(Cl)cc3)C2=O)cc1. The highest BCUT2D eigenvalue weighted by Gasteiger charge is 2.38. The lowest BCUT2D eigenvalue weighted by molar-refractivity contribution is -0.136. The van der Waals surface area contributed by atoms with Crippen LogP contribution in [0.1, 0.15) is 11.1 Å². The average Bonchev–Trinajstić information content (AvgIpc) is 3.03. The highest BCUT2D eigenvalue weighted by Crippen LogP contribution is 2.31. The van der Waals surface area contributed by atoms with Crippen LogP contribution in [-0.2, 0) is 16.0 Å². The molecule has 4 rings (SSSR count). The largest absolute Gasteiger partial charge is 0.497 e. The number of halogens is 1. The van der Waals surface area contributed by atoms with Gasteiger partial charge in [0.15, 0.2) is 0 Å². The van der Waals surface area contributed by atoms with Crippen LogP contribution in [0.5, 0.6) is 5.75 Å². The number of ether oxygens (including phenoxy) is 1. The van der Waals surface area contributed by atoms with Crippen molar-refractivity contribution in [2.45, 2.75) is 6.42 Å². The molecule has 3 aromatic rings. The van der Waals surface area contributed by atoms with Crippen LogP contribution in [0.25, 0.3) is 5.57 Å². The van der Waals surface area contributed by atoms with Crippen LogP contribution in [0.4, 0.5) is 5.69 Å². The molecule has 3 aromatic carbocycles. The van der Waals surface area contributed by atoms with Gasteiger partial charge < -0.3 is 10.1 Å². The van der Waals surface area contributed by atoms with Crippen molar-refractivity contribution in [3.05, 3.63) is 101 Å². The Labute approximate surface area is 185 Å². The Morgan fingerprint density at radius 2 is 1.55 bits per heavy atom. The Balaban J connectivity index is 1.62. The molecule has 0 bridgehead atoms. The number of methoxy groups -OCH3 is 1.